The maximum atomic E-state index is 12.9. The van der Waals surface area contributed by atoms with Gasteiger partial charge in [0.2, 0.25) is 10.0 Å². The number of rotatable bonds is 5. The van der Waals surface area contributed by atoms with E-state index in [1.807, 2.05) is 16.8 Å². The van der Waals surface area contributed by atoms with E-state index < -0.39 is 14.9 Å². The van der Waals surface area contributed by atoms with Crippen molar-refractivity contribution in [3.63, 3.8) is 0 Å². The van der Waals surface area contributed by atoms with Crippen LogP contribution in [0.15, 0.2) is 23.1 Å². The Kier molecular flexibility index (Phi) is 5.99. The van der Waals surface area contributed by atoms with E-state index in [9.17, 15) is 23.6 Å². The molecule has 0 spiro atoms. The highest BCUT2D eigenvalue weighted by Crippen LogP contribution is 2.34. The van der Waals surface area contributed by atoms with Crippen LogP contribution >= 0.6 is 0 Å². The Morgan fingerprint density at radius 2 is 1.93 bits per heavy atom. The van der Waals surface area contributed by atoms with Gasteiger partial charge in [-0.3, -0.25) is 10.1 Å². The second-order valence-corrected chi connectivity index (χ2v) is 9.19. The van der Waals surface area contributed by atoms with Crippen LogP contribution in [-0.2, 0) is 10.0 Å². The first-order valence-electron chi connectivity index (χ1n) is 9.16. The molecular weight excluding hydrogens is 372 g/mol. The second kappa shape index (κ2) is 8.09. The molecule has 1 aromatic carbocycles. The van der Waals surface area contributed by atoms with Gasteiger partial charge in [0.1, 0.15) is 5.69 Å². The van der Waals surface area contributed by atoms with E-state index in [0.717, 1.165) is 12.8 Å². The van der Waals surface area contributed by atoms with E-state index in [-0.39, 0.29) is 23.1 Å². The molecule has 0 bridgehead atoms. The lowest BCUT2D eigenvalue weighted by atomic mass is 9.98. The standard InChI is InChI=1S/C17H26N4O5S/c1-18-7-9-20(10-8-18)27(25,26)15-4-5-16(17(11-15)21(23)24)19-6-2-3-14(12-19)13-22/h4-5,11,14,22H,2-3,6-10,12-13H2,1H3. The third-order valence-corrected chi connectivity index (χ3v) is 7.26. The van der Waals surface area contributed by atoms with Gasteiger partial charge in [0.25, 0.3) is 5.69 Å². The van der Waals surface area contributed by atoms with Crippen LogP contribution in [0.2, 0.25) is 0 Å². The predicted octanol–water partition coefficient (Wildman–Crippen LogP) is 0.740. The number of benzene rings is 1. The van der Waals surface area contributed by atoms with Gasteiger partial charge in [-0.1, -0.05) is 0 Å². The molecule has 2 fully saturated rings. The SMILES string of the molecule is CN1CCN(S(=O)(=O)c2ccc(N3CCCC(CO)C3)c([N+](=O)[O-])c2)CC1. The molecule has 0 amide bonds. The molecule has 1 unspecified atom stereocenters. The van der Waals surface area contributed by atoms with Gasteiger partial charge >= 0.3 is 0 Å². The number of hydrogen-bond acceptors (Lipinski definition) is 7. The van der Waals surface area contributed by atoms with Crippen LogP contribution in [0.3, 0.4) is 0 Å². The fourth-order valence-electron chi connectivity index (χ4n) is 3.69. The maximum absolute atomic E-state index is 12.9. The number of nitro benzene ring substituents is 1. The van der Waals surface area contributed by atoms with Gasteiger partial charge in [-0.25, -0.2) is 8.42 Å². The minimum absolute atomic E-state index is 0.0418. The molecule has 150 valence electrons. The highest BCUT2D eigenvalue weighted by Gasteiger charge is 2.31. The summed E-state index contributed by atoms with van der Waals surface area (Å²) in [5, 5.41) is 21.0. The maximum Gasteiger partial charge on any atom is 0.293 e. The van der Waals surface area contributed by atoms with Crippen LogP contribution in [0.5, 0.6) is 0 Å². The number of nitrogens with zero attached hydrogens (tertiary/aromatic N) is 4. The lowest BCUT2D eigenvalue weighted by Gasteiger charge is -2.33. The normalized spacial score (nSPS) is 22.7. The number of likely N-dealkylation sites (N-methyl/N-ethyl adjacent to an activating group) is 1. The summed E-state index contributed by atoms with van der Waals surface area (Å²) in [6.07, 6.45) is 1.72. The van der Waals surface area contributed by atoms with E-state index in [2.05, 4.69) is 0 Å². The van der Waals surface area contributed by atoms with Crippen molar-refractivity contribution < 1.29 is 18.4 Å². The number of aliphatic hydroxyl groups is 1. The van der Waals surface area contributed by atoms with Crippen LogP contribution in [0.4, 0.5) is 11.4 Å². The van der Waals surface area contributed by atoms with Crippen LogP contribution in [0.25, 0.3) is 0 Å². The number of hydrogen-bond donors (Lipinski definition) is 1. The number of aliphatic hydroxyl groups excluding tert-OH is 1. The average Bonchev–Trinajstić information content (AvgIpc) is 2.67. The molecule has 27 heavy (non-hydrogen) atoms. The summed E-state index contributed by atoms with van der Waals surface area (Å²) in [6.45, 7) is 3.24. The molecule has 0 aliphatic carbocycles. The molecule has 1 N–H and O–H groups in total. The summed E-state index contributed by atoms with van der Waals surface area (Å²) < 4.78 is 27.2. The number of anilines is 1. The Morgan fingerprint density at radius 1 is 1.22 bits per heavy atom. The smallest absolute Gasteiger partial charge is 0.293 e. The Balaban J connectivity index is 1.90. The van der Waals surface area contributed by atoms with Crippen LogP contribution in [0, 0.1) is 16.0 Å². The summed E-state index contributed by atoms with van der Waals surface area (Å²) in [4.78, 5) is 15.0. The number of sulfonamides is 1. The van der Waals surface area contributed by atoms with E-state index in [1.165, 1.54) is 22.5 Å². The van der Waals surface area contributed by atoms with E-state index >= 15 is 0 Å². The zero-order valence-corrected chi connectivity index (χ0v) is 16.3. The Labute approximate surface area is 159 Å². The summed E-state index contributed by atoms with van der Waals surface area (Å²) >= 11 is 0. The molecule has 3 rings (SSSR count). The Morgan fingerprint density at radius 3 is 2.56 bits per heavy atom. The fraction of sp³-hybridized carbons (Fsp3) is 0.647. The average molecular weight is 398 g/mol. The van der Waals surface area contributed by atoms with E-state index in [1.54, 1.807) is 0 Å². The van der Waals surface area contributed by atoms with Gasteiger partial charge in [-0.2, -0.15) is 4.31 Å². The Bertz CT molecular complexity index is 793. The number of piperazine rings is 1. The molecule has 10 heteroatoms. The summed E-state index contributed by atoms with van der Waals surface area (Å²) in [5.74, 6) is 0.0760. The Hall–Kier alpha value is -1.75. The van der Waals surface area contributed by atoms with Crippen LogP contribution in [-0.4, -0.2) is 80.6 Å². The van der Waals surface area contributed by atoms with Gasteiger partial charge in [0.15, 0.2) is 0 Å². The van der Waals surface area contributed by atoms with Gasteiger partial charge in [0.05, 0.1) is 9.82 Å². The molecule has 1 atom stereocenters. The van der Waals surface area contributed by atoms with Gasteiger partial charge in [0, 0.05) is 51.9 Å². The first-order valence-corrected chi connectivity index (χ1v) is 10.6. The summed E-state index contributed by atoms with van der Waals surface area (Å²) in [6, 6.07) is 4.16. The zero-order chi connectivity index (χ0) is 19.6. The van der Waals surface area contributed by atoms with Crippen molar-refractivity contribution in [2.75, 3.05) is 57.8 Å². The molecule has 2 aliphatic heterocycles. The first kappa shape index (κ1) is 20.0. The minimum Gasteiger partial charge on any atom is -0.396 e. The van der Waals surface area contributed by atoms with E-state index in [0.29, 0.717) is 45.0 Å². The van der Waals surface area contributed by atoms with Crippen molar-refractivity contribution in [2.24, 2.45) is 5.92 Å². The molecule has 2 heterocycles. The van der Waals surface area contributed by atoms with Crippen LogP contribution in [0.1, 0.15) is 12.8 Å². The monoisotopic (exact) mass is 398 g/mol. The fourth-order valence-corrected chi connectivity index (χ4v) is 5.13. The lowest BCUT2D eigenvalue weighted by molar-refractivity contribution is -0.384. The van der Waals surface area contributed by atoms with E-state index in [4.69, 9.17) is 0 Å². The topological polar surface area (TPSA) is 107 Å². The van der Waals surface area contributed by atoms with Crippen molar-refractivity contribution in [1.29, 1.82) is 0 Å². The third-order valence-electron chi connectivity index (χ3n) is 5.36. The third kappa shape index (κ3) is 4.23. The number of nitro groups is 1. The van der Waals surface area contributed by atoms with Gasteiger partial charge in [-0.15, -0.1) is 0 Å². The van der Waals surface area contributed by atoms with Crippen molar-refractivity contribution in [3.8, 4) is 0 Å². The van der Waals surface area contributed by atoms with Crippen LogP contribution < -0.4 is 4.90 Å². The quantitative estimate of drug-likeness (QED) is 0.576. The molecule has 0 aromatic heterocycles. The zero-order valence-electron chi connectivity index (χ0n) is 15.5. The lowest BCUT2D eigenvalue weighted by Crippen LogP contribution is -2.47. The summed E-state index contributed by atoms with van der Waals surface area (Å²) in [5.41, 5.74) is 0.208. The molecule has 0 radical (unpaired) electrons. The molecule has 0 saturated carbocycles. The molecule has 9 nitrogen and oxygen atoms in total. The number of piperidine rings is 1. The second-order valence-electron chi connectivity index (χ2n) is 7.25. The minimum atomic E-state index is -3.76. The first-order chi connectivity index (χ1) is 12.8. The highest BCUT2D eigenvalue weighted by molar-refractivity contribution is 7.89. The van der Waals surface area contributed by atoms with Crippen molar-refractivity contribution in [1.82, 2.24) is 9.21 Å². The van der Waals surface area contributed by atoms with Crippen molar-refractivity contribution in [2.45, 2.75) is 17.7 Å². The van der Waals surface area contributed by atoms with Gasteiger partial charge < -0.3 is 14.9 Å². The van der Waals surface area contributed by atoms with Crippen molar-refractivity contribution in [3.05, 3.63) is 28.3 Å². The molecule has 2 aliphatic rings. The highest BCUT2D eigenvalue weighted by atomic mass is 32.2. The predicted molar refractivity (Wildman–Crippen MR) is 101 cm³/mol. The molecule has 1 aromatic rings. The van der Waals surface area contributed by atoms with Gasteiger partial charge in [-0.05, 0) is 37.9 Å². The molecular formula is C17H26N4O5S. The van der Waals surface area contributed by atoms with Crippen molar-refractivity contribution >= 4 is 21.4 Å². The largest absolute Gasteiger partial charge is 0.396 e. The molecule has 2 saturated heterocycles. The summed E-state index contributed by atoms with van der Waals surface area (Å²) in [7, 11) is -1.83.